The molecule has 0 aromatic heterocycles. The van der Waals surface area contributed by atoms with Crippen LogP contribution >= 0.6 is 0 Å². The number of hydrogen-bond acceptors (Lipinski definition) is 6. The van der Waals surface area contributed by atoms with Crippen molar-refractivity contribution in [3.63, 3.8) is 0 Å². The lowest BCUT2D eigenvalue weighted by Gasteiger charge is -2.32. The van der Waals surface area contributed by atoms with E-state index in [1.54, 1.807) is 24.3 Å². The average molecular weight is 544 g/mol. The summed E-state index contributed by atoms with van der Waals surface area (Å²) in [4.78, 5) is 51.6. The van der Waals surface area contributed by atoms with E-state index in [1.165, 1.54) is 7.05 Å². The second kappa shape index (κ2) is 15.3. The Morgan fingerprint density at radius 2 is 1.56 bits per heavy atom. The van der Waals surface area contributed by atoms with Gasteiger partial charge in [-0.3, -0.25) is 30.0 Å². The van der Waals surface area contributed by atoms with Crippen LogP contribution in [-0.2, 0) is 25.6 Å². The molecule has 0 heterocycles. The third-order valence-corrected chi connectivity index (χ3v) is 6.93. The quantitative estimate of drug-likeness (QED) is 0.0623. The number of guanidine groups is 1. The van der Waals surface area contributed by atoms with Gasteiger partial charge < -0.3 is 38.5 Å². The molecule has 0 radical (unpaired) electrons. The molecule has 1 aromatic carbocycles. The standard InChI is InChI=1S/C26H41N9O4/c1-32-23(37)18(14-15-9-11-17(12-10-15)21(27)28)24(38)35-20(16-6-3-2-4-7-16)25(39)34-19(22(29)36)8-5-13-33-26(30)31/h9-12,16,18-20H,2-8,13-14H2,1H3,(H3,27,28)(H2,29,36)(H,32,37)(H,34,39)(H,35,38)(H4,30,31,33)/t18?,19-,20-/m0/s1. The molecule has 4 amide bonds. The number of amidine groups is 1. The first-order chi connectivity index (χ1) is 18.5. The number of primary amides is 1. The van der Waals surface area contributed by atoms with Gasteiger partial charge in [-0.25, -0.2) is 0 Å². The minimum atomic E-state index is -1.11. The summed E-state index contributed by atoms with van der Waals surface area (Å²) in [6, 6.07) is 4.77. The normalized spacial score (nSPS) is 15.7. The van der Waals surface area contributed by atoms with Crippen molar-refractivity contribution in [2.45, 2.75) is 63.5 Å². The highest BCUT2D eigenvalue weighted by molar-refractivity contribution is 6.02. The number of benzene rings is 1. The largest absolute Gasteiger partial charge is 0.384 e. The molecule has 0 saturated heterocycles. The van der Waals surface area contributed by atoms with Gasteiger partial charge in [0, 0.05) is 19.2 Å². The van der Waals surface area contributed by atoms with Gasteiger partial charge in [-0.2, -0.15) is 0 Å². The molecule has 1 aliphatic carbocycles. The van der Waals surface area contributed by atoms with Gasteiger partial charge in [-0.1, -0.05) is 43.5 Å². The fraction of sp³-hybridized carbons (Fsp3) is 0.538. The number of hydrogen-bond donors (Lipinski definition) is 9. The topological polar surface area (TPSA) is 242 Å². The highest BCUT2D eigenvalue weighted by atomic mass is 16.2. The van der Waals surface area contributed by atoms with E-state index in [1.807, 2.05) is 0 Å². The molecule has 1 aromatic rings. The first-order valence-electron chi connectivity index (χ1n) is 13.2. The van der Waals surface area contributed by atoms with Gasteiger partial charge in [0.05, 0.1) is 0 Å². The highest BCUT2D eigenvalue weighted by Gasteiger charge is 2.36. The average Bonchev–Trinajstić information content (AvgIpc) is 2.91. The molecule has 1 fully saturated rings. The van der Waals surface area contributed by atoms with Gasteiger partial charge in [-0.05, 0) is 43.6 Å². The number of nitrogens with two attached hydrogens (primary N) is 3. The molecule has 2 rings (SSSR count). The zero-order chi connectivity index (χ0) is 28.9. The van der Waals surface area contributed by atoms with Crippen LogP contribution in [0.2, 0.25) is 0 Å². The van der Waals surface area contributed by atoms with Gasteiger partial charge in [0.2, 0.25) is 23.6 Å². The van der Waals surface area contributed by atoms with Crippen molar-refractivity contribution >= 4 is 35.4 Å². The molecule has 12 N–H and O–H groups in total. The number of rotatable bonds is 14. The zero-order valence-corrected chi connectivity index (χ0v) is 22.3. The highest BCUT2D eigenvalue weighted by Crippen LogP contribution is 2.27. The minimum absolute atomic E-state index is 0.0791. The monoisotopic (exact) mass is 543 g/mol. The summed E-state index contributed by atoms with van der Waals surface area (Å²) in [5, 5.41) is 25.4. The third kappa shape index (κ3) is 9.91. The third-order valence-electron chi connectivity index (χ3n) is 6.93. The molecule has 0 spiro atoms. The van der Waals surface area contributed by atoms with Crippen LogP contribution in [0.4, 0.5) is 0 Å². The Balaban J connectivity index is 2.19. The van der Waals surface area contributed by atoms with Crippen molar-refractivity contribution in [3.8, 4) is 0 Å². The molecule has 3 atom stereocenters. The van der Waals surface area contributed by atoms with Crippen molar-refractivity contribution in [2.24, 2.45) is 29.0 Å². The minimum Gasteiger partial charge on any atom is -0.384 e. The van der Waals surface area contributed by atoms with E-state index in [-0.39, 0.29) is 30.6 Å². The number of carbonyl (C=O) groups is 4. The fourth-order valence-corrected chi connectivity index (χ4v) is 4.73. The molecular weight excluding hydrogens is 502 g/mol. The van der Waals surface area contributed by atoms with Gasteiger partial charge >= 0.3 is 0 Å². The summed E-state index contributed by atoms with van der Waals surface area (Å²) in [7, 11) is 1.44. The van der Waals surface area contributed by atoms with Crippen LogP contribution in [0.25, 0.3) is 0 Å². The van der Waals surface area contributed by atoms with Crippen LogP contribution in [0.15, 0.2) is 24.3 Å². The maximum Gasteiger partial charge on any atom is 0.243 e. The van der Waals surface area contributed by atoms with Gasteiger partial charge in [-0.15, -0.1) is 0 Å². The van der Waals surface area contributed by atoms with E-state index in [4.69, 9.17) is 28.0 Å². The Morgan fingerprint density at radius 3 is 2.10 bits per heavy atom. The Labute approximate surface area is 228 Å². The van der Waals surface area contributed by atoms with Crippen molar-refractivity contribution < 1.29 is 19.2 Å². The predicted molar refractivity (Wildman–Crippen MR) is 148 cm³/mol. The van der Waals surface area contributed by atoms with Crippen LogP contribution in [-0.4, -0.2) is 61.1 Å². The maximum absolute atomic E-state index is 13.4. The van der Waals surface area contributed by atoms with E-state index in [0.717, 1.165) is 32.1 Å². The van der Waals surface area contributed by atoms with E-state index in [9.17, 15) is 19.2 Å². The lowest BCUT2D eigenvalue weighted by Crippen LogP contribution is -2.57. The summed E-state index contributed by atoms with van der Waals surface area (Å²) in [6.45, 7) is 0.332. The molecule has 1 unspecified atom stereocenters. The first kappa shape index (κ1) is 31.1. The SMILES string of the molecule is CNC(=O)C(Cc1ccc(C(=N)N)cc1)C(=O)N[C@H](C(=O)N[C@@H](CCCNC(=N)N)C(N)=O)C1CCCCC1. The van der Waals surface area contributed by atoms with E-state index < -0.39 is 41.6 Å². The molecule has 0 aliphatic heterocycles. The van der Waals surface area contributed by atoms with Crippen LogP contribution in [0.5, 0.6) is 0 Å². The zero-order valence-electron chi connectivity index (χ0n) is 22.3. The van der Waals surface area contributed by atoms with Crippen molar-refractivity contribution in [3.05, 3.63) is 35.4 Å². The Kier molecular flexibility index (Phi) is 12.2. The summed E-state index contributed by atoms with van der Waals surface area (Å²) >= 11 is 0. The first-order valence-corrected chi connectivity index (χ1v) is 13.2. The van der Waals surface area contributed by atoms with Crippen molar-refractivity contribution in [2.75, 3.05) is 13.6 Å². The molecule has 1 saturated carbocycles. The smallest absolute Gasteiger partial charge is 0.243 e. The second-order valence-electron chi connectivity index (χ2n) is 9.81. The Hall–Kier alpha value is -4.16. The Morgan fingerprint density at radius 1 is 0.923 bits per heavy atom. The van der Waals surface area contributed by atoms with Crippen molar-refractivity contribution in [1.29, 1.82) is 10.8 Å². The van der Waals surface area contributed by atoms with Crippen molar-refractivity contribution in [1.82, 2.24) is 21.3 Å². The second-order valence-corrected chi connectivity index (χ2v) is 9.81. The van der Waals surface area contributed by atoms with E-state index in [2.05, 4.69) is 21.3 Å². The molecule has 0 bridgehead atoms. The molecule has 13 nitrogen and oxygen atoms in total. The summed E-state index contributed by atoms with van der Waals surface area (Å²) in [6.07, 6.45) is 5.01. The van der Waals surface area contributed by atoms with Gasteiger partial charge in [0.1, 0.15) is 23.8 Å². The van der Waals surface area contributed by atoms with Crippen LogP contribution in [0.3, 0.4) is 0 Å². The molecule has 13 heteroatoms. The molecule has 1 aliphatic rings. The lowest BCUT2D eigenvalue weighted by molar-refractivity contribution is -0.138. The van der Waals surface area contributed by atoms with Gasteiger partial charge in [0.25, 0.3) is 0 Å². The molecule has 214 valence electrons. The number of nitrogen functional groups attached to an aromatic ring is 1. The maximum atomic E-state index is 13.4. The van der Waals surface area contributed by atoms with E-state index >= 15 is 0 Å². The summed E-state index contributed by atoms with van der Waals surface area (Å²) in [5.41, 5.74) is 17.5. The van der Waals surface area contributed by atoms with Crippen LogP contribution < -0.4 is 38.5 Å². The van der Waals surface area contributed by atoms with Crippen LogP contribution in [0.1, 0.15) is 56.1 Å². The van der Waals surface area contributed by atoms with Crippen LogP contribution in [0, 0.1) is 22.7 Å². The lowest BCUT2D eigenvalue weighted by atomic mass is 9.83. The fourth-order valence-electron chi connectivity index (χ4n) is 4.73. The van der Waals surface area contributed by atoms with Gasteiger partial charge in [0.15, 0.2) is 5.96 Å². The number of carbonyl (C=O) groups excluding carboxylic acids is 4. The summed E-state index contributed by atoms with van der Waals surface area (Å²) in [5.74, 6) is -3.89. The molecular formula is C26H41N9O4. The Bertz CT molecular complexity index is 1040. The predicted octanol–water partition coefficient (Wildman–Crippen LogP) is -0.826. The molecule has 39 heavy (non-hydrogen) atoms. The van der Waals surface area contributed by atoms with E-state index in [0.29, 0.717) is 24.1 Å². The number of nitrogens with one attached hydrogen (secondary N) is 6. The summed E-state index contributed by atoms with van der Waals surface area (Å²) < 4.78 is 0. The number of amides is 4.